The van der Waals surface area contributed by atoms with Crippen molar-refractivity contribution in [1.82, 2.24) is 8.80 Å². The van der Waals surface area contributed by atoms with Gasteiger partial charge in [-0.1, -0.05) is 72.8 Å². The van der Waals surface area contributed by atoms with Gasteiger partial charge in [-0.3, -0.25) is 0 Å². The Morgan fingerprint density at radius 2 is 0.844 bits per heavy atom. The lowest BCUT2D eigenvalue weighted by atomic mass is 10.1. The first kappa shape index (κ1) is 16.4. The first-order valence-corrected chi connectivity index (χ1v) is 11.0. The average molecular weight is 406 g/mol. The van der Waals surface area contributed by atoms with Crippen LogP contribution in [0.15, 0.2) is 109 Å². The Labute approximate surface area is 183 Å². The van der Waals surface area contributed by atoms with E-state index >= 15 is 0 Å². The summed E-state index contributed by atoms with van der Waals surface area (Å²) >= 11 is 0. The summed E-state index contributed by atoms with van der Waals surface area (Å²) in [5, 5.41) is 7.64. The molecular formula is C30H18N2. The Morgan fingerprint density at radius 1 is 0.375 bits per heavy atom. The van der Waals surface area contributed by atoms with Gasteiger partial charge in [-0.25, -0.2) is 0 Å². The Balaban J connectivity index is 1.91. The van der Waals surface area contributed by atoms with Crippen molar-refractivity contribution >= 4 is 65.4 Å². The molecule has 0 aliphatic rings. The van der Waals surface area contributed by atoms with E-state index in [2.05, 4.69) is 118 Å². The van der Waals surface area contributed by atoms with Crippen molar-refractivity contribution < 1.29 is 0 Å². The third kappa shape index (κ3) is 1.91. The van der Waals surface area contributed by atoms with E-state index in [-0.39, 0.29) is 0 Å². The SMILES string of the molecule is c1ccc2c(c1)c1ccc3c4ccccc4n4c5cccc(c5)c5cccc(c5)n2c1c34. The molecule has 0 saturated heterocycles. The van der Waals surface area contributed by atoms with Crippen molar-refractivity contribution in [2.24, 2.45) is 0 Å². The molecular weight excluding hydrogens is 388 g/mol. The van der Waals surface area contributed by atoms with Crippen LogP contribution in [0.25, 0.3) is 65.4 Å². The van der Waals surface area contributed by atoms with Crippen LogP contribution >= 0.6 is 0 Å². The number of nitrogens with zero attached hydrogens (tertiary/aromatic N) is 2. The lowest BCUT2D eigenvalue weighted by Crippen LogP contribution is -1.91. The van der Waals surface area contributed by atoms with Crippen LogP contribution in [-0.4, -0.2) is 8.80 Å². The van der Waals surface area contributed by atoms with E-state index in [0.29, 0.717) is 0 Å². The van der Waals surface area contributed by atoms with Crippen LogP contribution in [0.5, 0.6) is 0 Å². The molecule has 3 aromatic heterocycles. The highest BCUT2D eigenvalue weighted by molar-refractivity contribution is 6.23. The topological polar surface area (TPSA) is 8.82 Å². The Morgan fingerprint density at radius 3 is 1.34 bits per heavy atom. The first-order chi connectivity index (χ1) is 15.9. The van der Waals surface area contributed by atoms with Crippen LogP contribution in [0.1, 0.15) is 0 Å². The van der Waals surface area contributed by atoms with Crippen LogP contribution in [0.3, 0.4) is 0 Å². The van der Waals surface area contributed by atoms with E-state index in [4.69, 9.17) is 0 Å². The van der Waals surface area contributed by atoms with Crippen molar-refractivity contribution in [3.63, 3.8) is 0 Å². The van der Waals surface area contributed by atoms with Crippen molar-refractivity contribution in [3.8, 4) is 0 Å². The van der Waals surface area contributed by atoms with Gasteiger partial charge in [0.25, 0.3) is 0 Å². The van der Waals surface area contributed by atoms with Crippen molar-refractivity contribution in [1.29, 1.82) is 0 Å². The molecule has 0 unspecified atom stereocenters. The van der Waals surface area contributed by atoms with Gasteiger partial charge in [0.15, 0.2) is 0 Å². The van der Waals surface area contributed by atoms with Gasteiger partial charge in [-0.05, 0) is 47.2 Å². The molecule has 148 valence electrons. The minimum Gasteiger partial charge on any atom is -0.307 e. The maximum absolute atomic E-state index is 2.46. The summed E-state index contributed by atoms with van der Waals surface area (Å²) in [6.07, 6.45) is 0. The fraction of sp³-hybridized carbons (Fsp3) is 0. The second kappa shape index (κ2) is 5.68. The van der Waals surface area contributed by atoms with Gasteiger partial charge in [0.1, 0.15) is 0 Å². The minimum atomic E-state index is 1.20. The normalized spacial score (nSPS) is 12.4. The van der Waals surface area contributed by atoms with Gasteiger partial charge in [-0.15, -0.1) is 0 Å². The zero-order chi connectivity index (χ0) is 20.8. The van der Waals surface area contributed by atoms with Gasteiger partial charge < -0.3 is 8.80 Å². The highest BCUT2D eigenvalue weighted by Gasteiger charge is 2.17. The third-order valence-electron chi connectivity index (χ3n) is 7.01. The number of rotatable bonds is 0. The molecule has 8 rings (SSSR count). The Bertz CT molecular complexity index is 1890. The highest BCUT2D eigenvalue weighted by Crippen LogP contribution is 2.39. The molecule has 0 N–H and O–H groups in total. The van der Waals surface area contributed by atoms with Gasteiger partial charge >= 0.3 is 0 Å². The summed E-state index contributed by atoms with van der Waals surface area (Å²) in [4.78, 5) is 0. The van der Waals surface area contributed by atoms with Crippen LogP contribution in [0.2, 0.25) is 0 Å². The second-order valence-electron chi connectivity index (χ2n) is 8.66. The van der Waals surface area contributed by atoms with E-state index in [9.17, 15) is 0 Å². The lowest BCUT2D eigenvalue weighted by Gasteiger charge is -2.07. The number of aromatic nitrogens is 2. The molecule has 0 saturated carbocycles. The van der Waals surface area contributed by atoms with Crippen LogP contribution in [-0.2, 0) is 0 Å². The van der Waals surface area contributed by atoms with Crippen molar-refractivity contribution in [2.75, 3.05) is 0 Å². The van der Waals surface area contributed by atoms with Gasteiger partial charge in [0.2, 0.25) is 0 Å². The highest BCUT2D eigenvalue weighted by atomic mass is 15.0. The zero-order valence-corrected chi connectivity index (χ0v) is 17.3. The maximum Gasteiger partial charge on any atom is 0.0788 e. The van der Waals surface area contributed by atoms with E-state index in [1.807, 2.05) is 0 Å². The predicted molar refractivity (Wildman–Crippen MR) is 136 cm³/mol. The smallest absolute Gasteiger partial charge is 0.0788 e. The molecule has 8 aromatic rings. The summed E-state index contributed by atoms with van der Waals surface area (Å²) in [5.74, 6) is 0. The largest absolute Gasteiger partial charge is 0.307 e. The molecule has 0 aliphatic heterocycles. The first-order valence-electron chi connectivity index (χ1n) is 11.0. The number of hydrogen-bond acceptors (Lipinski definition) is 0. The fourth-order valence-electron chi connectivity index (χ4n) is 5.69. The molecule has 5 aromatic carbocycles. The molecule has 3 heterocycles. The molecule has 0 fully saturated rings. The second-order valence-corrected chi connectivity index (χ2v) is 8.66. The molecule has 2 nitrogen and oxygen atoms in total. The molecule has 2 heteroatoms. The number of hydrogen-bond donors (Lipinski definition) is 0. The Hall–Kier alpha value is -4.30. The average Bonchev–Trinajstić information content (AvgIpc) is 3.37. The third-order valence-corrected chi connectivity index (χ3v) is 7.01. The molecule has 0 atom stereocenters. The van der Waals surface area contributed by atoms with E-state index in [1.165, 1.54) is 65.4 Å². The van der Waals surface area contributed by atoms with Gasteiger partial charge in [0.05, 0.1) is 22.1 Å². The van der Waals surface area contributed by atoms with Crippen molar-refractivity contribution in [2.45, 2.75) is 0 Å². The molecule has 4 bridgehead atoms. The number of para-hydroxylation sites is 2. The van der Waals surface area contributed by atoms with Crippen LogP contribution < -0.4 is 0 Å². The fourth-order valence-corrected chi connectivity index (χ4v) is 5.69. The molecule has 0 spiro atoms. The Kier molecular flexibility index (Phi) is 2.91. The predicted octanol–water partition coefficient (Wildman–Crippen LogP) is 7.96. The summed E-state index contributed by atoms with van der Waals surface area (Å²) < 4.78 is 4.91. The molecule has 0 radical (unpaired) electrons. The molecule has 0 aliphatic carbocycles. The molecule has 0 amide bonds. The van der Waals surface area contributed by atoms with E-state index < -0.39 is 0 Å². The van der Waals surface area contributed by atoms with Crippen LogP contribution in [0, 0.1) is 0 Å². The standard InChI is InChI=1S/C30H18N2/c1-3-13-27-23(11-1)25-15-16-26-24-12-2-4-14-28(24)32-22-10-6-8-20(18-22)19-7-5-9-21(17-19)31(27)29(25)30(26)32/h1-18H. The summed E-state index contributed by atoms with van der Waals surface area (Å²) in [6, 6.07) is 40.0. The van der Waals surface area contributed by atoms with Crippen LogP contribution in [0.4, 0.5) is 0 Å². The quantitative estimate of drug-likeness (QED) is 0.241. The minimum absolute atomic E-state index is 1.20. The summed E-state index contributed by atoms with van der Waals surface area (Å²) in [7, 11) is 0. The molecule has 32 heavy (non-hydrogen) atoms. The maximum atomic E-state index is 2.46. The van der Waals surface area contributed by atoms with Gasteiger partial charge in [-0.2, -0.15) is 0 Å². The van der Waals surface area contributed by atoms with E-state index in [1.54, 1.807) is 0 Å². The monoisotopic (exact) mass is 406 g/mol. The van der Waals surface area contributed by atoms with Crippen molar-refractivity contribution in [3.05, 3.63) is 109 Å². The lowest BCUT2D eigenvalue weighted by molar-refractivity contribution is 1.30. The zero-order valence-electron chi connectivity index (χ0n) is 17.3. The summed E-state index contributed by atoms with van der Waals surface area (Å²) in [6.45, 7) is 0. The number of fused-ring (bicyclic) bond motifs is 13. The van der Waals surface area contributed by atoms with E-state index in [0.717, 1.165) is 0 Å². The summed E-state index contributed by atoms with van der Waals surface area (Å²) in [5.41, 5.74) is 7.42. The number of benzene rings is 5. The van der Waals surface area contributed by atoms with Gasteiger partial charge in [0, 0.05) is 32.6 Å².